The van der Waals surface area contributed by atoms with Gasteiger partial charge in [0, 0.05) is 33.0 Å². The van der Waals surface area contributed by atoms with Crippen LogP contribution in [0.4, 0.5) is 0 Å². The first kappa shape index (κ1) is 22.6. The smallest absolute Gasteiger partial charge is 0.209 e. The summed E-state index contributed by atoms with van der Waals surface area (Å²) < 4.78 is 5.39. The molecule has 0 bridgehead atoms. The van der Waals surface area contributed by atoms with E-state index < -0.39 is 5.60 Å². The van der Waals surface area contributed by atoms with Gasteiger partial charge in [0.1, 0.15) is 11.4 Å². The lowest BCUT2D eigenvalue weighted by Crippen LogP contribution is -2.41. The minimum Gasteiger partial charge on any atom is -0.371 e. The average molecular weight is 338 g/mol. The molecule has 4 nitrogen and oxygen atoms in total. The minimum atomic E-state index is -0.897. The normalized spacial score (nSPS) is 13.5. The summed E-state index contributed by atoms with van der Waals surface area (Å²) in [7, 11) is 1.55. The van der Waals surface area contributed by atoms with Crippen LogP contribution in [0.3, 0.4) is 0 Å². The fourth-order valence-electron chi connectivity index (χ4n) is 2.44. The van der Waals surface area contributed by atoms with Gasteiger partial charge in [0.05, 0.1) is 5.70 Å². The Morgan fingerprint density at radius 1 is 1.25 bits per heavy atom. The molecule has 0 radical (unpaired) electrons. The Bertz CT molecular complexity index is 452. The zero-order chi connectivity index (χ0) is 18.8. The van der Waals surface area contributed by atoms with Crippen molar-refractivity contribution in [2.45, 2.75) is 65.9 Å². The van der Waals surface area contributed by atoms with E-state index in [1.165, 1.54) is 0 Å². The van der Waals surface area contributed by atoms with Gasteiger partial charge < -0.3 is 9.64 Å². The molecule has 0 spiro atoms. The van der Waals surface area contributed by atoms with E-state index >= 15 is 0 Å². The minimum absolute atomic E-state index is 0.0531. The number of hydrogen-bond donors (Lipinski definition) is 0. The summed E-state index contributed by atoms with van der Waals surface area (Å²) >= 11 is 0. The Morgan fingerprint density at radius 3 is 2.29 bits per heavy atom. The third-order valence-electron chi connectivity index (χ3n) is 4.28. The molecule has 138 valence electrons. The molecule has 0 aromatic rings. The fraction of sp³-hybridized carbons (Fsp3) is 0.700. The highest BCUT2D eigenvalue weighted by Crippen LogP contribution is 2.23. The third-order valence-corrected chi connectivity index (χ3v) is 4.28. The number of allylic oxidation sites excluding steroid dienone is 1. The highest BCUT2D eigenvalue weighted by atomic mass is 16.5. The quantitative estimate of drug-likeness (QED) is 0.374. The molecule has 0 fully saturated rings. The maximum atomic E-state index is 13.0. The molecule has 0 N–H and O–H groups in total. The van der Waals surface area contributed by atoms with Crippen LogP contribution in [0.15, 0.2) is 24.4 Å². The van der Waals surface area contributed by atoms with Gasteiger partial charge in [-0.05, 0) is 32.6 Å². The van der Waals surface area contributed by atoms with Gasteiger partial charge in [-0.15, -0.1) is 6.58 Å². The van der Waals surface area contributed by atoms with Crippen LogP contribution in [0.25, 0.3) is 0 Å². The van der Waals surface area contributed by atoms with Crippen molar-refractivity contribution < 1.29 is 14.3 Å². The molecule has 0 amide bonds. The highest BCUT2D eigenvalue weighted by Gasteiger charge is 2.32. The van der Waals surface area contributed by atoms with Crippen molar-refractivity contribution in [1.82, 2.24) is 4.90 Å². The number of carbonyl (C=O) groups is 2. The Morgan fingerprint density at radius 2 is 1.88 bits per heavy atom. The summed E-state index contributed by atoms with van der Waals surface area (Å²) in [6.45, 7) is 14.7. The van der Waals surface area contributed by atoms with Crippen LogP contribution >= 0.6 is 0 Å². The molecular formula is C20H35NO3. The van der Waals surface area contributed by atoms with Crippen molar-refractivity contribution >= 4 is 11.6 Å². The predicted molar refractivity (Wildman–Crippen MR) is 99.9 cm³/mol. The van der Waals surface area contributed by atoms with Gasteiger partial charge >= 0.3 is 0 Å². The van der Waals surface area contributed by atoms with Gasteiger partial charge in [0.25, 0.3) is 0 Å². The van der Waals surface area contributed by atoms with E-state index in [1.54, 1.807) is 27.0 Å². The molecule has 0 saturated heterocycles. The number of Topliss-reactive ketones (excluding diaryl/α,β-unsaturated/α-hetero) is 2. The third kappa shape index (κ3) is 7.00. The topological polar surface area (TPSA) is 46.6 Å². The molecule has 0 aliphatic carbocycles. The van der Waals surface area contributed by atoms with Gasteiger partial charge in [-0.3, -0.25) is 9.59 Å². The van der Waals surface area contributed by atoms with Crippen LogP contribution in [-0.2, 0) is 14.3 Å². The van der Waals surface area contributed by atoms with Crippen LogP contribution < -0.4 is 0 Å². The maximum Gasteiger partial charge on any atom is 0.209 e. The summed E-state index contributed by atoms with van der Waals surface area (Å²) in [6, 6.07) is 0. The van der Waals surface area contributed by atoms with E-state index in [0.717, 1.165) is 19.4 Å². The second-order valence-corrected chi connectivity index (χ2v) is 6.59. The number of nitrogens with zero attached hydrogens (tertiary/aromatic N) is 1. The zero-order valence-corrected chi connectivity index (χ0v) is 16.4. The lowest BCUT2D eigenvalue weighted by atomic mass is 9.92. The SMILES string of the molecule is C=CCN(CCC)/C(=C\C(CC)CC(=O)CC)C(=O)C(C)(C)OC. The summed E-state index contributed by atoms with van der Waals surface area (Å²) in [6.07, 6.45) is 6.53. The Balaban J connectivity index is 5.80. The van der Waals surface area contributed by atoms with E-state index in [2.05, 4.69) is 13.5 Å². The predicted octanol–water partition coefficient (Wildman–Crippen LogP) is 4.16. The second kappa shape index (κ2) is 11.2. The number of ether oxygens (including phenoxy) is 1. The van der Waals surface area contributed by atoms with Crippen LogP contribution in [0, 0.1) is 5.92 Å². The lowest BCUT2D eigenvalue weighted by Gasteiger charge is -2.31. The number of methoxy groups -OCH3 is 1. The van der Waals surface area contributed by atoms with Crippen molar-refractivity contribution in [2.24, 2.45) is 5.92 Å². The first-order chi connectivity index (χ1) is 11.3. The molecule has 0 saturated carbocycles. The molecule has 0 aromatic carbocycles. The molecule has 1 unspecified atom stereocenters. The summed E-state index contributed by atoms with van der Waals surface area (Å²) in [5.74, 6) is 0.234. The van der Waals surface area contributed by atoms with Gasteiger partial charge in [0.2, 0.25) is 5.78 Å². The highest BCUT2D eigenvalue weighted by molar-refractivity contribution is 6.01. The first-order valence-electron chi connectivity index (χ1n) is 8.96. The standard InChI is InChI=1S/C20H35NO3/c1-8-12-21(13-9-2)18(19(23)20(5,6)24-7)15-16(10-3)14-17(22)11-4/h8,15-16H,1,9-14H2,2-7H3/b18-15-. The average Bonchev–Trinajstić information content (AvgIpc) is 2.57. The molecule has 0 rings (SSSR count). The summed E-state index contributed by atoms with van der Waals surface area (Å²) in [4.78, 5) is 26.9. The van der Waals surface area contributed by atoms with Crippen LogP contribution in [-0.4, -0.2) is 42.3 Å². The Hall–Kier alpha value is -1.42. The van der Waals surface area contributed by atoms with Gasteiger partial charge in [-0.2, -0.15) is 0 Å². The van der Waals surface area contributed by atoms with Crippen LogP contribution in [0.1, 0.15) is 60.3 Å². The Labute approximate surface area is 147 Å². The van der Waals surface area contributed by atoms with Crippen molar-refractivity contribution in [3.05, 3.63) is 24.4 Å². The van der Waals surface area contributed by atoms with E-state index in [1.807, 2.05) is 24.8 Å². The largest absolute Gasteiger partial charge is 0.371 e. The molecule has 0 aliphatic heterocycles. The van der Waals surface area contributed by atoms with E-state index in [0.29, 0.717) is 25.1 Å². The van der Waals surface area contributed by atoms with Crippen LogP contribution in [0.5, 0.6) is 0 Å². The van der Waals surface area contributed by atoms with Gasteiger partial charge in [-0.1, -0.05) is 32.9 Å². The van der Waals surface area contributed by atoms with Gasteiger partial charge in [-0.25, -0.2) is 0 Å². The van der Waals surface area contributed by atoms with Crippen molar-refractivity contribution in [1.29, 1.82) is 0 Å². The molecule has 0 heterocycles. The summed E-state index contributed by atoms with van der Waals surface area (Å²) in [5, 5.41) is 0. The first-order valence-corrected chi connectivity index (χ1v) is 8.96. The molecule has 24 heavy (non-hydrogen) atoms. The number of ketones is 2. The van der Waals surface area contributed by atoms with Crippen LogP contribution in [0.2, 0.25) is 0 Å². The van der Waals surface area contributed by atoms with E-state index in [-0.39, 0.29) is 17.5 Å². The monoisotopic (exact) mass is 337 g/mol. The zero-order valence-electron chi connectivity index (χ0n) is 16.4. The van der Waals surface area contributed by atoms with E-state index in [4.69, 9.17) is 4.74 Å². The molecule has 1 atom stereocenters. The second-order valence-electron chi connectivity index (χ2n) is 6.59. The van der Waals surface area contributed by atoms with Gasteiger partial charge in [0.15, 0.2) is 0 Å². The van der Waals surface area contributed by atoms with Crippen molar-refractivity contribution in [2.75, 3.05) is 20.2 Å². The number of carbonyl (C=O) groups excluding carboxylic acids is 2. The molecule has 0 aliphatic rings. The van der Waals surface area contributed by atoms with Crippen molar-refractivity contribution in [3.63, 3.8) is 0 Å². The number of rotatable bonds is 13. The maximum absolute atomic E-state index is 13.0. The molecule has 4 heteroatoms. The van der Waals surface area contributed by atoms with Crippen molar-refractivity contribution in [3.8, 4) is 0 Å². The Kier molecular flexibility index (Phi) is 10.5. The van der Waals surface area contributed by atoms with E-state index in [9.17, 15) is 9.59 Å². The fourth-order valence-corrected chi connectivity index (χ4v) is 2.44. The number of hydrogen-bond acceptors (Lipinski definition) is 4. The molecule has 0 aromatic heterocycles. The lowest BCUT2D eigenvalue weighted by molar-refractivity contribution is -0.134. The summed E-state index contributed by atoms with van der Waals surface area (Å²) in [5.41, 5.74) is -0.258. The molecular weight excluding hydrogens is 302 g/mol.